The molecule has 0 aliphatic rings. The summed E-state index contributed by atoms with van der Waals surface area (Å²) in [5, 5.41) is 1.47. The van der Waals surface area contributed by atoms with Gasteiger partial charge in [0, 0.05) is 23.4 Å². The van der Waals surface area contributed by atoms with Crippen LogP contribution in [0.5, 0.6) is 0 Å². The van der Waals surface area contributed by atoms with Gasteiger partial charge in [-0.3, -0.25) is 0 Å². The first kappa shape index (κ1) is 15.7. The van der Waals surface area contributed by atoms with E-state index in [1.165, 1.54) is 11.8 Å². The predicted molar refractivity (Wildman–Crippen MR) is 89.7 cm³/mol. The average Bonchev–Trinajstić information content (AvgIpc) is 2.46. The standard InChI is InChI=1S/C15H16N2O2S2/c1-2-9-20-10-8-17-21(18,19)15-5-3-4-12-11-13(16)6-7-14(12)15/h1,3-7,11,17H,8-10,16H2. The Bertz CT molecular complexity index is 780. The first-order valence-electron chi connectivity index (χ1n) is 6.34. The van der Waals surface area contributed by atoms with Crippen LogP contribution in [0.4, 0.5) is 5.69 Å². The minimum atomic E-state index is -3.54. The van der Waals surface area contributed by atoms with Crippen LogP contribution in [0.2, 0.25) is 0 Å². The van der Waals surface area contributed by atoms with Gasteiger partial charge in [-0.25, -0.2) is 13.1 Å². The lowest BCUT2D eigenvalue weighted by atomic mass is 10.1. The van der Waals surface area contributed by atoms with Crippen LogP contribution in [0.15, 0.2) is 41.3 Å². The Morgan fingerprint density at radius 2 is 2.10 bits per heavy atom. The molecule has 0 aliphatic heterocycles. The summed E-state index contributed by atoms with van der Waals surface area (Å²) in [6, 6.07) is 10.3. The van der Waals surface area contributed by atoms with E-state index in [0.29, 0.717) is 29.1 Å². The lowest BCUT2D eigenvalue weighted by Crippen LogP contribution is -2.26. The number of hydrogen-bond donors (Lipinski definition) is 2. The zero-order valence-corrected chi connectivity index (χ0v) is 13.0. The molecule has 0 amide bonds. The summed E-state index contributed by atoms with van der Waals surface area (Å²) in [6.45, 7) is 0.347. The molecule has 0 heterocycles. The minimum absolute atomic E-state index is 0.266. The van der Waals surface area contributed by atoms with Crippen molar-refractivity contribution in [3.8, 4) is 12.3 Å². The molecule has 0 bridgehead atoms. The number of rotatable bonds is 6. The first-order chi connectivity index (χ1) is 10.0. The largest absolute Gasteiger partial charge is 0.399 e. The van der Waals surface area contributed by atoms with Crippen molar-refractivity contribution < 1.29 is 8.42 Å². The van der Waals surface area contributed by atoms with E-state index in [0.717, 1.165) is 5.39 Å². The second-order valence-electron chi connectivity index (χ2n) is 4.39. The number of thioether (sulfide) groups is 1. The molecule has 6 heteroatoms. The molecule has 110 valence electrons. The molecule has 0 atom stereocenters. The number of hydrogen-bond acceptors (Lipinski definition) is 4. The van der Waals surface area contributed by atoms with Crippen LogP contribution in [0.3, 0.4) is 0 Å². The minimum Gasteiger partial charge on any atom is -0.399 e. The van der Waals surface area contributed by atoms with Crippen LogP contribution in [-0.4, -0.2) is 26.5 Å². The molecule has 0 saturated carbocycles. The summed E-state index contributed by atoms with van der Waals surface area (Å²) < 4.78 is 27.3. The molecular weight excluding hydrogens is 304 g/mol. The van der Waals surface area contributed by atoms with Gasteiger partial charge in [-0.15, -0.1) is 18.2 Å². The molecule has 21 heavy (non-hydrogen) atoms. The monoisotopic (exact) mass is 320 g/mol. The number of nitrogens with one attached hydrogen (secondary N) is 1. The highest BCUT2D eigenvalue weighted by Gasteiger charge is 2.16. The third kappa shape index (κ3) is 3.91. The SMILES string of the molecule is C#CCSCCNS(=O)(=O)c1cccc2cc(N)ccc12. The Balaban J connectivity index is 2.22. The molecule has 2 aromatic carbocycles. The maximum absolute atomic E-state index is 12.4. The number of benzene rings is 2. The van der Waals surface area contributed by atoms with Crippen LogP contribution < -0.4 is 10.5 Å². The summed E-state index contributed by atoms with van der Waals surface area (Å²) >= 11 is 1.52. The van der Waals surface area contributed by atoms with E-state index in [4.69, 9.17) is 12.2 Å². The zero-order valence-electron chi connectivity index (χ0n) is 11.4. The fraction of sp³-hybridized carbons (Fsp3) is 0.200. The van der Waals surface area contributed by atoms with Crippen LogP contribution in [0, 0.1) is 12.3 Å². The Hall–Kier alpha value is -1.68. The van der Waals surface area contributed by atoms with E-state index in [2.05, 4.69) is 10.6 Å². The summed E-state index contributed by atoms with van der Waals surface area (Å²) in [6.07, 6.45) is 5.14. The molecule has 4 nitrogen and oxygen atoms in total. The van der Waals surface area contributed by atoms with Crippen LogP contribution in [0.25, 0.3) is 10.8 Å². The van der Waals surface area contributed by atoms with Crippen molar-refractivity contribution in [2.75, 3.05) is 23.8 Å². The quantitative estimate of drug-likeness (QED) is 0.485. The van der Waals surface area contributed by atoms with Crippen LogP contribution >= 0.6 is 11.8 Å². The van der Waals surface area contributed by atoms with Crippen molar-refractivity contribution in [3.63, 3.8) is 0 Å². The average molecular weight is 320 g/mol. The van der Waals surface area contributed by atoms with E-state index in [1.54, 1.807) is 30.3 Å². The molecule has 0 aliphatic carbocycles. The molecule has 2 rings (SSSR count). The molecule has 0 unspecified atom stereocenters. The molecule has 3 N–H and O–H groups in total. The lowest BCUT2D eigenvalue weighted by Gasteiger charge is -2.09. The molecule has 0 aromatic heterocycles. The number of fused-ring (bicyclic) bond motifs is 1. The van der Waals surface area contributed by atoms with E-state index in [-0.39, 0.29) is 4.90 Å². The summed E-state index contributed by atoms with van der Waals surface area (Å²) in [7, 11) is -3.54. The van der Waals surface area contributed by atoms with Gasteiger partial charge >= 0.3 is 0 Å². The highest BCUT2D eigenvalue weighted by Crippen LogP contribution is 2.24. The van der Waals surface area contributed by atoms with Gasteiger partial charge in [0.2, 0.25) is 10.0 Å². The fourth-order valence-corrected chi connectivity index (χ4v) is 3.86. The van der Waals surface area contributed by atoms with Crippen molar-refractivity contribution in [1.82, 2.24) is 4.72 Å². The number of nitrogens with two attached hydrogens (primary N) is 1. The summed E-state index contributed by atoms with van der Waals surface area (Å²) in [4.78, 5) is 0.266. The fourth-order valence-electron chi connectivity index (χ4n) is 1.96. The maximum Gasteiger partial charge on any atom is 0.241 e. The number of sulfonamides is 1. The van der Waals surface area contributed by atoms with E-state index >= 15 is 0 Å². The van der Waals surface area contributed by atoms with Gasteiger partial charge in [-0.2, -0.15) is 0 Å². The highest BCUT2D eigenvalue weighted by atomic mass is 32.2. The summed E-state index contributed by atoms with van der Waals surface area (Å²) in [5.74, 6) is 3.72. The predicted octanol–water partition coefficient (Wildman–Crippen LogP) is 2.07. The summed E-state index contributed by atoms with van der Waals surface area (Å²) in [5.41, 5.74) is 6.33. The highest BCUT2D eigenvalue weighted by molar-refractivity contribution is 7.99. The number of terminal acetylenes is 1. The van der Waals surface area contributed by atoms with Crippen LogP contribution in [0.1, 0.15) is 0 Å². The Labute approximate surface area is 129 Å². The Kier molecular flexibility index (Phi) is 5.12. The second-order valence-corrected chi connectivity index (χ2v) is 7.23. The Morgan fingerprint density at radius 3 is 2.86 bits per heavy atom. The zero-order chi connectivity index (χ0) is 15.3. The first-order valence-corrected chi connectivity index (χ1v) is 8.97. The molecule has 0 fully saturated rings. The van der Waals surface area contributed by atoms with Gasteiger partial charge < -0.3 is 5.73 Å². The van der Waals surface area contributed by atoms with E-state index in [1.807, 2.05) is 6.07 Å². The van der Waals surface area contributed by atoms with E-state index < -0.39 is 10.0 Å². The lowest BCUT2D eigenvalue weighted by molar-refractivity contribution is 0.585. The molecule has 0 spiro atoms. The second kappa shape index (κ2) is 6.85. The van der Waals surface area contributed by atoms with Gasteiger partial charge in [-0.1, -0.05) is 24.1 Å². The van der Waals surface area contributed by atoms with Gasteiger partial charge in [-0.05, 0) is 23.6 Å². The topological polar surface area (TPSA) is 72.2 Å². The van der Waals surface area contributed by atoms with Gasteiger partial charge in [0.15, 0.2) is 0 Å². The Morgan fingerprint density at radius 1 is 1.29 bits per heavy atom. The third-order valence-corrected chi connectivity index (χ3v) is 5.26. The van der Waals surface area contributed by atoms with E-state index in [9.17, 15) is 8.42 Å². The smallest absolute Gasteiger partial charge is 0.241 e. The van der Waals surface area contributed by atoms with Crippen molar-refractivity contribution in [3.05, 3.63) is 36.4 Å². The van der Waals surface area contributed by atoms with Crippen molar-refractivity contribution in [2.45, 2.75) is 4.90 Å². The van der Waals surface area contributed by atoms with Crippen molar-refractivity contribution >= 4 is 38.2 Å². The van der Waals surface area contributed by atoms with Gasteiger partial charge in [0.25, 0.3) is 0 Å². The third-order valence-electron chi connectivity index (χ3n) is 2.88. The van der Waals surface area contributed by atoms with Crippen LogP contribution in [-0.2, 0) is 10.0 Å². The maximum atomic E-state index is 12.4. The number of anilines is 1. The molecular formula is C15H16N2O2S2. The molecule has 2 aromatic rings. The van der Waals surface area contributed by atoms with Crippen molar-refractivity contribution in [2.24, 2.45) is 0 Å². The molecule has 0 radical (unpaired) electrons. The normalized spacial score (nSPS) is 11.4. The van der Waals surface area contributed by atoms with Gasteiger partial charge in [0.05, 0.1) is 10.6 Å². The number of nitrogen functional groups attached to an aromatic ring is 1. The van der Waals surface area contributed by atoms with Crippen molar-refractivity contribution in [1.29, 1.82) is 0 Å². The molecule has 0 saturated heterocycles. The van der Waals surface area contributed by atoms with Gasteiger partial charge in [0.1, 0.15) is 0 Å².